The van der Waals surface area contributed by atoms with Crippen molar-refractivity contribution in [3.05, 3.63) is 76.9 Å². The first-order valence-corrected chi connectivity index (χ1v) is 7.60. The third kappa shape index (κ3) is 3.43. The first-order chi connectivity index (χ1) is 11.1. The Kier molecular flexibility index (Phi) is 4.44. The van der Waals surface area contributed by atoms with E-state index in [1.54, 1.807) is 12.1 Å². The van der Waals surface area contributed by atoms with E-state index in [1.165, 1.54) is 0 Å². The van der Waals surface area contributed by atoms with Crippen molar-refractivity contribution in [2.45, 2.75) is 13.0 Å². The molecule has 5 heteroatoms. The van der Waals surface area contributed by atoms with Gasteiger partial charge >= 0.3 is 0 Å². The van der Waals surface area contributed by atoms with Crippen molar-refractivity contribution in [2.24, 2.45) is 0 Å². The summed E-state index contributed by atoms with van der Waals surface area (Å²) in [5.41, 5.74) is 1.95. The molecular formula is C18H15ClN2O2. The molecule has 1 heterocycles. The van der Waals surface area contributed by atoms with Gasteiger partial charge in [0.1, 0.15) is 0 Å². The maximum atomic E-state index is 12.3. The highest BCUT2D eigenvalue weighted by molar-refractivity contribution is 6.33. The van der Waals surface area contributed by atoms with Crippen LogP contribution in [-0.2, 0) is 0 Å². The maximum Gasteiger partial charge on any atom is 0.273 e. The predicted octanol–water partition coefficient (Wildman–Crippen LogP) is 4.49. The molecule has 3 rings (SSSR count). The van der Waals surface area contributed by atoms with Crippen LogP contribution in [0.4, 0.5) is 0 Å². The topological polar surface area (TPSA) is 55.1 Å². The highest BCUT2D eigenvalue weighted by Gasteiger charge is 2.17. The molecule has 0 bridgehead atoms. The Morgan fingerprint density at radius 1 is 1.13 bits per heavy atom. The van der Waals surface area contributed by atoms with Crippen LogP contribution < -0.4 is 5.32 Å². The molecule has 116 valence electrons. The molecule has 0 saturated carbocycles. The highest BCUT2D eigenvalue weighted by Crippen LogP contribution is 2.28. The Balaban J connectivity index is 1.75. The van der Waals surface area contributed by atoms with Crippen LogP contribution in [0.2, 0.25) is 5.02 Å². The quantitative estimate of drug-likeness (QED) is 0.768. The second kappa shape index (κ2) is 6.67. The number of carbonyl (C=O) groups excluding carboxylic acids is 1. The number of nitrogens with zero attached hydrogens (tertiary/aromatic N) is 1. The van der Waals surface area contributed by atoms with E-state index in [0.717, 1.165) is 5.56 Å². The van der Waals surface area contributed by atoms with Gasteiger partial charge in [-0.05, 0) is 24.6 Å². The van der Waals surface area contributed by atoms with Crippen molar-refractivity contribution in [1.82, 2.24) is 10.5 Å². The molecule has 3 aromatic rings. The maximum absolute atomic E-state index is 12.3. The molecule has 0 fully saturated rings. The summed E-state index contributed by atoms with van der Waals surface area (Å²) in [6.07, 6.45) is 0. The predicted molar refractivity (Wildman–Crippen MR) is 89.3 cm³/mol. The van der Waals surface area contributed by atoms with E-state index >= 15 is 0 Å². The zero-order chi connectivity index (χ0) is 16.2. The molecule has 0 aliphatic heterocycles. The Morgan fingerprint density at radius 3 is 2.57 bits per heavy atom. The van der Waals surface area contributed by atoms with E-state index in [-0.39, 0.29) is 17.6 Å². The summed E-state index contributed by atoms with van der Waals surface area (Å²) >= 11 is 6.12. The Morgan fingerprint density at radius 2 is 1.83 bits per heavy atom. The smallest absolute Gasteiger partial charge is 0.273 e. The number of rotatable bonds is 4. The minimum atomic E-state index is -0.289. The molecule has 1 N–H and O–H groups in total. The lowest BCUT2D eigenvalue weighted by Gasteiger charge is -2.12. The standard InChI is InChI=1S/C18H15ClN2O2/c1-12(13-7-3-2-4-8-13)20-18(22)16-11-17(23-21-16)14-9-5-6-10-15(14)19/h2-12H,1H3,(H,20,22)/t12-/m1/s1. The number of amides is 1. The van der Waals surface area contributed by atoms with Crippen molar-refractivity contribution in [3.63, 3.8) is 0 Å². The molecule has 2 aromatic carbocycles. The van der Waals surface area contributed by atoms with E-state index in [9.17, 15) is 4.79 Å². The van der Waals surface area contributed by atoms with Gasteiger partial charge in [0.05, 0.1) is 11.1 Å². The number of aromatic nitrogens is 1. The molecule has 1 atom stereocenters. The molecule has 0 aliphatic carbocycles. The summed E-state index contributed by atoms with van der Waals surface area (Å²) in [5, 5.41) is 7.28. The van der Waals surface area contributed by atoms with Crippen LogP contribution in [0.3, 0.4) is 0 Å². The monoisotopic (exact) mass is 326 g/mol. The largest absolute Gasteiger partial charge is 0.355 e. The number of hydrogen-bond donors (Lipinski definition) is 1. The van der Waals surface area contributed by atoms with E-state index in [1.807, 2.05) is 55.5 Å². The summed E-state index contributed by atoms with van der Waals surface area (Å²) in [4.78, 5) is 12.3. The molecule has 0 aliphatic rings. The van der Waals surface area contributed by atoms with Gasteiger partial charge in [-0.25, -0.2) is 0 Å². The molecule has 0 spiro atoms. The van der Waals surface area contributed by atoms with E-state index in [4.69, 9.17) is 16.1 Å². The zero-order valence-corrected chi connectivity index (χ0v) is 13.2. The van der Waals surface area contributed by atoms with E-state index < -0.39 is 0 Å². The summed E-state index contributed by atoms with van der Waals surface area (Å²) in [7, 11) is 0. The van der Waals surface area contributed by atoms with Crippen LogP contribution in [0.5, 0.6) is 0 Å². The summed E-state index contributed by atoms with van der Waals surface area (Å²) in [6.45, 7) is 1.92. The van der Waals surface area contributed by atoms with Crippen LogP contribution in [-0.4, -0.2) is 11.1 Å². The van der Waals surface area contributed by atoms with Gasteiger partial charge in [-0.1, -0.05) is 59.2 Å². The molecular weight excluding hydrogens is 312 g/mol. The zero-order valence-electron chi connectivity index (χ0n) is 12.5. The lowest BCUT2D eigenvalue weighted by molar-refractivity contribution is 0.0931. The van der Waals surface area contributed by atoms with E-state index in [0.29, 0.717) is 16.3 Å². The summed E-state index contributed by atoms with van der Waals surface area (Å²) < 4.78 is 5.24. The summed E-state index contributed by atoms with van der Waals surface area (Å²) in [6, 6.07) is 18.5. The van der Waals surface area contributed by atoms with Gasteiger partial charge in [-0.3, -0.25) is 4.79 Å². The lowest BCUT2D eigenvalue weighted by atomic mass is 10.1. The molecule has 0 saturated heterocycles. The Labute approximate surface area is 139 Å². The van der Waals surface area contributed by atoms with Crippen LogP contribution in [0.25, 0.3) is 11.3 Å². The van der Waals surface area contributed by atoms with Crippen LogP contribution in [0.15, 0.2) is 65.2 Å². The van der Waals surface area contributed by atoms with Crippen molar-refractivity contribution < 1.29 is 9.32 Å². The second-order valence-electron chi connectivity index (χ2n) is 5.16. The van der Waals surface area contributed by atoms with E-state index in [2.05, 4.69) is 10.5 Å². The summed E-state index contributed by atoms with van der Waals surface area (Å²) in [5.74, 6) is 0.177. The number of halogens is 1. The number of carbonyl (C=O) groups is 1. The fourth-order valence-corrected chi connectivity index (χ4v) is 2.49. The average Bonchev–Trinajstić information content (AvgIpc) is 3.06. The highest BCUT2D eigenvalue weighted by atomic mass is 35.5. The van der Waals surface area contributed by atoms with Gasteiger partial charge in [0, 0.05) is 11.6 Å². The second-order valence-corrected chi connectivity index (χ2v) is 5.57. The minimum absolute atomic E-state index is 0.121. The van der Waals surface area contributed by atoms with Crippen molar-refractivity contribution in [2.75, 3.05) is 0 Å². The lowest BCUT2D eigenvalue weighted by Crippen LogP contribution is -2.26. The van der Waals surface area contributed by atoms with Crippen LogP contribution in [0, 0.1) is 0 Å². The SMILES string of the molecule is C[C@@H](NC(=O)c1cc(-c2ccccc2Cl)on1)c1ccccc1. The molecule has 1 amide bonds. The molecule has 23 heavy (non-hydrogen) atoms. The van der Waals surface area contributed by atoms with Gasteiger partial charge in [0.2, 0.25) is 0 Å². The molecule has 0 radical (unpaired) electrons. The van der Waals surface area contributed by atoms with Gasteiger partial charge in [-0.2, -0.15) is 0 Å². The van der Waals surface area contributed by atoms with Gasteiger partial charge in [0.15, 0.2) is 11.5 Å². The van der Waals surface area contributed by atoms with Gasteiger partial charge in [0.25, 0.3) is 5.91 Å². The van der Waals surface area contributed by atoms with Crippen LogP contribution >= 0.6 is 11.6 Å². The Bertz CT molecular complexity index is 815. The van der Waals surface area contributed by atoms with Gasteiger partial charge in [-0.15, -0.1) is 0 Å². The fourth-order valence-electron chi connectivity index (χ4n) is 2.27. The Hall–Kier alpha value is -2.59. The number of benzene rings is 2. The molecule has 4 nitrogen and oxygen atoms in total. The first kappa shape index (κ1) is 15.3. The normalized spacial score (nSPS) is 11.9. The van der Waals surface area contributed by atoms with Crippen LogP contribution in [0.1, 0.15) is 29.0 Å². The first-order valence-electron chi connectivity index (χ1n) is 7.22. The van der Waals surface area contributed by atoms with Gasteiger partial charge < -0.3 is 9.84 Å². The third-order valence-corrected chi connectivity index (χ3v) is 3.86. The van der Waals surface area contributed by atoms with Crippen molar-refractivity contribution in [3.8, 4) is 11.3 Å². The van der Waals surface area contributed by atoms with Crippen molar-refractivity contribution >= 4 is 17.5 Å². The number of nitrogens with one attached hydrogen (secondary N) is 1. The number of hydrogen-bond acceptors (Lipinski definition) is 3. The third-order valence-electron chi connectivity index (χ3n) is 3.53. The minimum Gasteiger partial charge on any atom is -0.355 e. The fraction of sp³-hybridized carbons (Fsp3) is 0.111. The molecule has 1 aromatic heterocycles. The van der Waals surface area contributed by atoms with Crippen molar-refractivity contribution in [1.29, 1.82) is 0 Å². The average molecular weight is 327 g/mol. The molecule has 0 unspecified atom stereocenters.